The fraction of sp³-hybridized carbons (Fsp3) is 0.417. The first-order valence-corrected chi connectivity index (χ1v) is 8.29. The summed E-state index contributed by atoms with van der Waals surface area (Å²) in [6.45, 7) is 0. The van der Waals surface area contributed by atoms with Crippen LogP contribution in [0, 0.1) is 0 Å². The Kier molecular flexibility index (Phi) is 4.45. The molecule has 0 atom stereocenters. The van der Waals surface area contributed by atoms with Gasteiger partial charge in [0.15, 0.2) is 0 Å². The van der Waals surface area contributed by atoms with Crippen molar-refractivity contribution in [3.05, 3.63) is 28.8 Å². The zero-order valence-electron chi connectivity index (χ0n) is 10.2. The van der Waals surface area contributed by atoms with Gasteiger partial charge in [0, 0.05) is 11.6 Å². The summed E-state index contributed by atoms with van der Waals surface area (Å²) in [6, 6.07) is 4.52. The Morgan fingerprint density at radius 1 is 1.37 bits per heavy atom. The minimum Gasteiger partial charge on any atom is -0.389 e. The molecule has 0 aliphatic heterocycles. The predicted molar refractivity (Wildman–Crippen MR) is 79.9 cm³/mol. The van der Waals surface area contributed by atoms with Crippen LogP contribution in [0.2, 0.25) is 5.02 Å². The lowest BCUT2D eigenvalue weighted by atomic mass is 10.2. The van der Waals surface area contributed by atoms with Crippen LogP contribution >= 0.6 is 23.8 Å². The molecule has 3 N–H and O–H groups in total. The Morgan fingerprint density at radius 3 is 2.58 bits per heavy atom. The van der Waals surface area contributed by atoms with Crippen LogP contribution in [0.4, 0.5) is 0 Å². The molecule has 0 saturated heterocycles. The number of hydrogen-bond acceptors (Lipinski definition) is 3. The van der Waals surface area contributed by atoms with Gasteiger partial charge < -0.3 is 5.73 Å². The molecule has 1 aromatic rings. The van der Waals surface area contributed by atoms with Crippen LogP contribution in [0.25, 0.3) is 0 Å². The Morgan fingerprint density at radius 2 is 2.00 bits per heavy atom. The monoisotopic (exact) mass is 318 g/mol. The topological polar surface area (TPSA) is 72.2 Å². The molecule has 0 aromatic heterocycles. The summed E-state index contributed by atoms with van der Waals surface area (Å²) < 4.78 is 27.3. The van der Waals surface area contributed by atoms with Gasteiger partial charge in [-0.1, -0.05) is 42.7 Å². The van der Waals surface area contributed by atoms with E-state index in [0.29, 0.717) is 5.56 Å². The molecular formula is C12H15ClN2O2S2. The van der Waals surface area contributed by atoms with Crippen molar-refractivity contribution in [3.63, 3.8) is 0 Å². The maximum Gasteiger partial charge on any atom is 0.242 e. The average Bonchev–Trinajstić information content (AvgIpc) is 2.81. The van der Waals surface area contributed by atoms with E-state index in [2.05, 4.69) is 4.72 Å². The van der Waals surface area contributed by atoms with Crippen LogP contribution in [-0.4, -0.2) is 19.4 Å². The Labute approximate surface area is 123 Å². The summed E-state index contributed by atoms with van der Waals surface area (Å²) in [5, 5.41) is 0.172. The smallest absolute Gasteiger partial charge is 0.242 e. The average molecular weight is 319 g/mol. The highest BCUT2D eigenvalue weighted by Gasteiger charge is 2.25. The summed E-state index contributed by atoms with van der Waals surface area (Å²) in [7, 11) is -3.63. The lowest BCUT2D eigenvalue weighted by molar-refractivity contribution is 0.552. The zero-order chi connectivity index (χ0) is 14.0. The number of nitrogens with two attached hydrogens (primary N) is 1. The van der Waals surface area contributed by atoms with Crippen molar-refractivity contribution >= 4 is 38.8 Å². The highest BCUT2D eigenvalue weighted by molar-refractivity contribution is 7.89. The van der Waals surface area contributed by atoms with E-state index in [9.17, 15) is 8.42 Å². The summed E-state index contributed by atoms with van der Waals surface area (Å²) in [5.74, 6) is 0. The van der Waals surface area contributed by atoms with E-state index in [0.717, 1.165) is 25.7 Å². The number of hydrogen-bond donors (Lipinski definition) is 2. The van der Waals surface area contributed by atoms with Crippen LogP contribution < -0.4 is 10.5 Å². The maximum atomic E-state index is 12.3. The van der Waals surface area contributed by atoms with Crippen molar-refractivity contribution in [2.75, 3.05) is 0 Å². The fourth-order valence-electron chi connectivity index (χ4n) is 2.19. The molecule has 19 heavy (non-hydrogen) atoms. The van der Waals surface area contributed by atoms with Crippen LogP contribution in [0.5, 0.6) is 0 Å². The molecule has 0 radical (unpaired) electrons. The summed E-state index contributed by atoms with van der Waals surface area (Å²) >= 11 is 10.8. The van der Waals surface area contributed by atoms with Gasteiger partial charge in [-0.15, -0.1) is 0 Å². The molecule has 104 valence electrons. The first kappa shape index (κ1) is 14.7. The van der Waals surface area contributed by atoms with Gasteiger partial charge in [-0.2, -0.15) is 0 Å². The maximum absolute atomic E-state index is 12.3. The lowest BCUT2D eigenvalue weighted by Gasteiger charge is -2.14. The van der Waals surface area contributed by atoms with Crippen LogP contribution in [0.15, 0.2) is 23.1 Å². The number of thiocarbonyl (C=S) groups is 1. The van der Waals surface area contributed by atoms with Crippen molar-refractivity contribution in [3.8, 4) is 0 Å². The molecule has 0 unspecified atom stereocenters. The van der Waals surface area contributed by atoms with Gasteiger partial charge in [0.1, 0.15) is 9.88 Å². The second-order valence-electron chi connectivity index (χ2n) is 4.61. The number of halogens is 1. The first-order chi connectivity index (χ1) is 8.90. The molecule has 1 aliphatic rings. The quantitative estimate of drug-likeness (QED) is 0.835. The highest BCUT2D eigenvalue weighted by atomic mass is 35.5. The fourth-order valence-corrected chi connectivity index (χ4v) is 4.15. The third-order valence-electron chi connectivity index (χ3n) is 3.18. The van der Waals surface area contributed by atoms with Crippen LogP contribution in [0.1, 0.15) is 31.2 Å². The van der Waals surface area contributed by atoms with E-state index < -0.39 is 10.0 Å². The second-order valence-corrected chi connectivity index (χ2v) is 7.14. The lowest BCUT2D eigenvalue weighted by Crippen LogP contribution is -2.33. The van der Waals surface area contributed by atoms with Crippen molar-refractivity contribution in [2.45, 2.75) is 36.6 Å². The highest BCUT2D eigenvalue weighted by Crippen LogP contribution is 2.25. The van der Waals surface area contributed by atoms with Gasteiger partial charge in [0.25, 0.3) is 0 Å². The Hall–Kier alpha value is -0.690. The molecule has 7 heteroatoms. The van der Waals surface area contributed by atoms with Gasteiger partial charge in [-0.05, 0) is 25.0 Å². The molecule has 1 aromatic carbocycles. The van der Waals surface area contributed by atoms with Crippen molar-refractivity contribution in [1.29, 1.82) is 0 Å². The molecule has 0 bridgehead atoms. The number of nitrogens with one attached hydrogen (secondary N) is 1. The summed E-state index contributed by atoms with van der Waals surface area (Å²) in [6.07, 6.45) is 3.83. The molecule has 4 nitrogen and oxygen atoms in total. The molecule has 1 saturated carbocycles. The van der Waals surface area contributed by atoms with E-state index >= 15 is 0 Å². The van der Waals surface area contributed by atoms with Gasteiger partial charge in [-0.25, -0.2) is 13.1 Å². The molecule has 0 heterocycles. The third kappa shape index (κ3) is 3.45. The van der Waals surface area contributed by atoms with Gasteiger partial charge >= 0.3 is 0 Å². The largest absolute Gasteiger partial charge is 0.389 e. The van der Waals surface area contributed by atoms with E-state index in [1.807, 2.05) is 0 Å². The Bertz CT molecular complexity index is 596. The summed E-state index contributed by atoms with van der Waals surface area (Å²) in [5.41, 5.74) is 6.00. The SMILES string of the molecule is NC(=S)c1ccc(Cl)c(S(=O)(=O)NC2CCCC2)c1. The van der Waals surface area contributed by atoms with E-state index in [1.165, 1.54) is 12.1 Å². The van der Waals surface area contributed by atoms with E-state index in [1.54, 1.807) is 6.07 Å². The molecule has 2 rings (SSSR count). The normalized spacial score (nSPS) is 16.7. The Balaban J connectivity index is 2.33. The second kappa shape index (κ2) is 5.75. The van der Waals surface area contributed by atoms with Crippen molar-refractivity contribution < 1.29 is 8.42 Å². The minimum atomic E-state index is -3.63. The third-order valence-corrected chi connectivity index (χ3v) is 5.42. The molecule has 1 aliphatic carbocycles. The molecule has 0 amide bonds. The van der Waals surface area contributed by atoms with Crippen molar-refractivity contribution in [2.24, 2.45) is 5.73 Å². The minimum absolute atomic E-state index is 0.00505. The van der Waals surface area contributed by atoms with Crippen LogP contribution in [-0.2, 0) is 10.0 Å². The zero-order valence-corrected chi connectivity index (χ0v) is 12.6. The number of benzene rings is 1. The predicted octanol–water partition coefficient (Wildman–Crippen LogP) is 2.20. The number of sulfonamides is 1. The number of rotatable bonds is 4. The molecule has 1 fully saturated rings. The van der Waals surface area contributed by atoms with Crippen LogP contribution in [0.3, 0.4) is 0 Å². The standard InChI is InChI=1S/C12H15ClN2O2S2/c13-10-6-5-8(12(14)18)7-11(10)19(16,17)15-9-3-1-2-4-9/h5-7,9,15H,1-4H2,(H2,14,18). The van der Waals surface area contributed by atoms with Gasteiger partial charge in [0.05, 0.1) is 5.02 Å². The van der Waals surface area contributed by atoms with Crippen molar-refractivity contribution in [1.82, 2.24) is 4.72 Å². The summed E-state index contributed by atoms with van der Waals surface area (Å²) in [4.78, 5) is 0.181. The molecular weight excluding hydrogens is 304 g/mol. The van der Waals surface area contributed by atoms with E-state index in [-0.39, 0.29) is 20.9 Å². The molecule has 0 spiro atoms. The van der Waals surface area contributed by atoms with E-state index in [4.69, 9.17) is 29.6 Å². The van der Waals surface area contributed by atoms with Gasteiger partial charge in [-0.3, -0.25) is 0 Å². The first-order valence-electron chi connectivity index (χ1n) is 6.02. The van der Waals surface area contributed by atoms with Gasteiger partial charge in [0.2, 0.25) is 10.0 Å².